The largest absolute Gasteiger partial charge is 0.278 e. The van der Waals surface area contributed by atoms with Gasteiger partial charge < -0.3 is 0 Å². The van der Waals surface area contributed by atoms with Gasteiger partial charge in [0.15, 0.2) is 0 Å². The van der Waals surface area contributed by atoms with Crippen molar-refractivity contribution in [3.05, 3.63) is 54.1 Å². The Morgan fingerprint density at radius 1 is 1.19 bits per heavy atom. The standard InChI is InChI=1S/C14H16F2/c1-2-3-4-8-11-13(14(15)16)12-9-6-5-7-10-12/h5-11H,2-4H2,1H3. The lowest BCUT2D eigenvalue weighted by atomic mass is 10.1. The van der Waals surface area contributed by atoms with E-state index in [2.05, 4.69) is 6.92 Å². The smallest absolute Gasteiger partial charge is 0.173 e. The van der Waals surface area contributed by atoms with Crippen molar-refractivity contribution in [1.82, 2.24) is 0 Å². The Kier molecular flexibility index (Phi) is 5.48. The molecule has 0 unspecified atom stereocenters. The molecule has 0 atom stereocenters. The lowest BCUT2D eigenvalue weighted by molar-refractivity contribution is 0.426. The second-order valence-corrected chi connectivity index (χ2v) is 3.58. The van der Waals surface area contributed by atoms with Gasteiger partial charge in [0, 0.05) is 5.57 Å². The summed E-state index contributed by atoms with van der Waals surface area (Å²) in [5.74, 6) is 0. The van der Waals surface area contributed by atoms with Crippen molar-refractivity contribution in [3.63, 3.8) is 0 Å². The zero-order chi connectivity index (χ0) is 11.8. The summed E-state index contributed by atoms with van der Waals surface area (Å²) in [5, 5.41) is 0. The third-order valence-electron chi connectivity index (χ3n) is 2.30. The monoisotopic (exact) mass is 222 g/mol. The van der Waals surface area contributed by atoms with Crippen molar-refractivity contribution in [2.24, 2.45) is 0 Å². The molecule has 0 heterocycles. The Morgan fingerprint density at radius 2 is 1.88 bits per heavy atom. The van der Waals surface area contributed by atoms with Gasteiger partial charge >= 0.3 is 0 Å². The van der Waals surface area contributed by atoms with E-state index in [1.54, 1.807) is 24.3 Å². The number of hydrogen-bond donors (Lipinski definition) is 0. The first-order chi connectivity index (χ1) is 7.75. The number of unbranched alkanes of at least 4 members (excludes halogenated alkanes) is 2. The van der Waals surface area contributed by atoms with Gasteiger partial charge in [0.25, 0.3) is 6.08 Å². The van der Waals surface area contributed by atoms with E-state index in [9.17, 15) is 8.78 Å². The van der Waals surface area contributed by atoms with Crippen LogP contribution in [0.4, 0.5) is 8.78 Å². The van der Waals surface area contributed by atoms with Crippen LogP contribution in [0.25, 0.3) is 5.57 Å². The second-order valence-electron chi connectivity index (χ2n) is 3.58. The summed E-state index contributed by atoms with van der Waals surface area (Å²) >= 11 is 0. The topological polar surface area (TPSA) is 0 Å². The molecule has 16 heavy (non-hydrogen) atoms. The molecule has 0 aliphatic rings. The van der Waals surface area contributed by atoms with Gasteiger partial charge in [-0.25, -0.2) is 0 Å². The number of benzene rings is 1. The van der Waals surface area contributed by atoms with Gasteiger partial charge in [-0.3, -0.25) is 0 Å². The van der Waals surface area contributed by atoms with E-state index in [1.807, 2.05) is 12.1 Å². The summed E-state index contributed by atoms with van der Waals surface area (Å²) in [7, 11) is 0. The fourth-order valence-electron chi connectivity index (χ4n) is 1.41. The molecule has 2 heteroatoms. The molecule has 0 nitrogen and oxygen atoms in total. The molecule has 0 amide bonds. The van der Waals surface area contributed by atoms with Crippen molar-refractivity contribution >= 4 is 5.57 Å². The zero-order valence-corrected chi connectivity index (χ0v) is 9.42. The van der Waals surface area contributed by atoms with E-state index >= 15 is 0 Å². The van der Waals surface area contributed by atoms with Crippen LogP contribution >= 0.6 is 0 Å². The minimum Gasteiger partial charge on any atom is -0.173 e. The maximum Gasteiger partial charge on any atom is 0.278 e. The van der Waals surface area contributed by atoms with E-state index in [-0.39, 0.29) is 5.57 Å². The number of rotatable bonds is 5. The van der Waals surface area contributed by atoms with Crippen LogP contribution in [-0.2, 0) is 0 Å². The molecule has 86 valence electrons. The quantitative estimate of drug-likeness (QED) is 0.483. The highest BCUT2D eigenvalue weighted by molar-refractivity contribution is 5.74. The summed E-state index contributed by atoms with van der Waals surface area (Å²) in [5.41, 5.74) is 0.590. The summed E-state index contributed by atoms with van der Waals surface area (Å²) in [4.78, 5) is 0. The molecule has 0 bridgehead atoms. The molecule has 0 aliphatic carbocycles. The van der Waals surface area contributed by atoms with Crippen LogP contribution in [0.1, 0.15) is 31.7 Å². The molecule has 0 N–H and O–H groups in total. The first-order valence-corrected chi connectivity index (χ1v) is 5.53. The lowest BCUT2D eigenvalue weighted by Crippen LogP contribution is -1.82. The maximum atomic E-state index is 12.7. The van der Waals surface area contributed by atoms with Gasteiger partial charge in [0.1, 0.15) is 0 Å². The SMILES string of the molecule is CCCCC=CC(=C(F)F)c1ccccc1. The van der Waals surface area contributed by atoms with Crippen molar-refractivity contribution in [2.45, 2.75) is 26.2 Å². The number of allylic oxidation sites excluding steroid dienone is 3. The maximum absolute atomic E-state index is 12.7. The molecular formula is C14H16F2. The molecule has 0 saturated heterocycles. The molecule has 0 radical (unpaired) electrons. The minimum absolute atomic E-state index is 0.0247. The van der Waals surface area contributed by atoms with Gasteiger partial charge in [-0.05, 0) is 12.0 Å². The highest BCUT2D eigenvalue weighted by Crippen LogP contribution is 2.22. The summed E-state index contributed by atoms with van der Waals surface area (Å²) in [6.07, 6.45) is 4.66. The zero-order valence-electron chi connectivity index (χ0n) is 9.42. The van der Waals surface area contributed by atoms with E-state index in [4.69, 9.17) is 0 Å². The number of hydrogen-bond acceptors (Lipinski definition) is 0. The predicted molar refractivity (Wildman–Crippen MR) is 64.2 cm³/mol. The average Bonchev–Trinajstić information content (AvgIpc) is 2.30. The molecule has 1 rings (SSSR count). The fraction of sp³-hybridized carbons (Fsp3) is 0.286. The molecule has 1 aromatic carbocycles. The van der Waals surface area contributed by atoms with Crippen LogP contribution < -0.4 is 0 Å². The summed E-state index contributed by atoms with van der Waals surface area (Å²) < 4.78 is 25.4. The Bertz CT molecular complexity index is 360. The normalized spacial score (nSPS) is 10.7. The van der Waals surface area contributed by atoms with Crippen molar-refractivity contribution < 1.29 is 8.78 Å². The molecule has 0 aliphatic heterocycles. The highest BCUT2D eigenvalue weighted by atomic mass is 19.3. The van der Waals surface area contributed by atoms with E-state index < -0.39 is 6.08 Å². The van der Waals surface area contributed by atoms with Crippen LogP contribution in [0.15, 0.2) is 48.6 Å². The van der Waals surface area contributed by atoms with Crippen LogP contribution in [0.2, 0.25) is 0 Å². The van der Waals surface area contributed by atoms with Gasteiger partial charge in [-0.15, -0.1) is 0 Å². The molecule has 0 fully saturated rings. The third kappa shape index (κ3) is 3.97. The highest BCUT2D eigenvalue weighted by Gasteiger charge is 2.04. The first kappa shape index (κ1) is 12.6. The molecular weight excluding hydrogens is 206 g/mol. The van der Waals surface area contributed by atoms with Crippen molar-refractivity contribution in [3.8, 4) is 0 Å². The fourth-order valence-corrected chi connectivity index (χ4v) is 1.41. The molecule has 0 saturated carbocycles. The van der Waals surface area contributed by atoms with Crippen LogP contribution in [0.5, 0.6) is 0 Å². The van der Waals surface area contributed by atoms with Crippen molar-refractivity contribution in [2.75, 3.05) is 0 Å². The Hall–Kier alpha value is -1.44. The molecule has 1 aromatic rings. The Balaban J connectivity index is 2.79. The van der Waals surface area contributed by atoms with Gasteiger partial charge in [0.05, 0.1) is 0 Å². The number of halogens is 2. The van der Waals surface area contributed by atoms with Gasteiger partial charge in [-0.1, -0.05) is 62.2 Å². The predicted octanol–water partition coefficient (Wildman–Crippen LogP) is 5.04. The third-order valence-corrected chi connectivity index (χ3v) is 2.30. The molecule has 0 aromatic heterocycles. The second kappa shape index (κ2) is 6.94. The average molecular weight is 222 g/mol. The Labute approximate surface area is 95.3 Å². The minimum atomic E-state index is -1.63. The summed E-state index contributed by atoms with van der Waals surface area (Å²) in [6.45, 7) is 2.08. The van der Waals surface area contributed by atoms with E-state index in [1.165, 1.54) is 6.08 Å². The van der Waals surface area contributed by atoms with E-state index in [0.29, 0.717) is 5.56 Å². The van der Waals surface area contributed by atoms with E-state index in [0.717, 1.165) is 19.3 Å². The van der Waals surface area contributed by atoms with Gasteiger partial charge in [-0.2, -0.15) is 8.78 Å². The summed E-state index contributed by atoms with van der Waals surface area (Å²) in [6, 6.07) is 8.73. The first-order valence-electron chi connectivity index (χ1n) is 5.53. The lowest BCUT2D eigenvalue weighted by Gasteiger charge is -2.00. The van der Waals surface area contributed by atoms with Crippen molar-refractivity contribution in [1.29, 1.82) is 0 Å². The van der Waals surface area contributed by atoms with Crippen LogP contribution in [0.3, 0.4) is 0 Å². The van der Waals surface area contributed by atoms with Gasteiger partial charge in [0.2, 0.25) is 0 Å². The molecule has 0 spiro atoms. The Morgan fingerprint density at radius 3 is 2.44 bits per heavy atom. The van der Waals surface area contributed by atoms with Crippen LogP contribution in [-0.4, -0.2) is 0 Å². The van der Waals surface area contributed by atoms with Crippen LogP contribution in [0, 0.1) is 0 Å².